The van der Waals surface area contributed by atoms with Crippen molar-refractivity contribution in [3.8, 4) is 0 Å². The summed E-state index contributed by atoms with van der Waals surface area (Å²) in [5, 5.41) is -0.255. The first kappa shape index (κ1) is 20.4. The number of hydrogen-bond donors (Lipinski definition) is 1. The van der Waals surface area contributed by atoms with Crippen molar-refractivity contribution in [2.75, 3.05) is 15.4 Å². The van der Waals surface area contributed by atoms with Gasteiger partial charge in [-0.2, -0.15) is 0 Å². The standard InChI is InChI=1S/C22H19FN2O3S2/c1-15-4-2-7-19(12-15)25-21(26)14-29-22(25)16-5-3-6-18(13-16)24-30(27,28)20-10-8-17(23)9-11-20/h2-13,22,24H,14H2,1H3. The van der Waals surface area contributed by atoms with Crippen LogP contribution in [0.25, 0.3) is 0 Å². The molecule has 5 nitrogen and oxygen atoms in total. The Balaban J connectivity index is 1.63. The number of aryl methyl sites for hydroxylation is 1. The van der Waals surface area contributed by atoms with Crippen molar-refractivity contribution < 1.29 is 17.6 Å². The molecule has 1 fully saturated rings. The first-order valence-corrected chi connectivity index (χ1v) is 11.8. The van der Waals surface area contributed by atoms with Crippen LogP contribution in [0.3, 0.4) is 0 Å². The van der Waals surface area contributed by atoms with Crippen molar-refractivity contribution in [3.63, 3.8) is 0 Å². The molecule has 1 unspecified atom stereocenters. The zero-order valence-electron chi connectivity index (χ0n) is 16.1. The zero-order chi connectivity index (χ0) is 21.3. The monoisotopic (exact) mass is 442 g/mol. The molecule has 1 saturated heterocycles. The lowest BCUT2D eigenvalue weighted by Crippen LogP contribution is -2.27. The number of anilines is 2. The van der Waals surface area contributed by atoms with Crippen molar-refractivity contribution in [1.29, 1.82) is 0 Å². The van der Waals surface area contributed by atoms with E-state index >= 15 is 0 Å². The van der Waals surface area contributed by atoms with Gasteiger partial charge in [0.05, 0.1) is 10.6 Å². The minimum absolute atomic E-state index is 0.00731. The quantitative estimate of drug-likeness (QED) is 0.621. The number of hydrogen-bond acceptors (Lipinski definition) is 4. The lowest BCUT2D eigenvalue weighted by molar-refractivity contribution is -0.115. The minimum atomic E-state index is -3.86. The molecule has 1 amide bonds. The van der Waals surface area contributed by atoms with Gasteiger partial charge in [-0.3, -0.25) is 14.4 Å². The van der Waals surface area contributed by atoms with Crippen LogP contribution in [0.15, 0.2) is 77.7 Å². The van der Waals surface area contributed by atoms with E-state index in [0.717, 1.165) is 28.9 Å². The molecule has 1 N–H and O–H groups in total. The van der Waals surface area contributed by atoms with E-state index < -0.39 is 15.8 Å². The van der Waals surface area contributed by atoms with Gasteiger partial charge in [0.2, 0.25) is 5.91 Å². The number of carbonyl (C=O) groups excluding carboxylic acids is 1. The summed E-state index contributed by atoms with van der Waals surface area (Å²) >= 11 is 1.49. The molecule has 30 heavy (non-hydrogen) atoms. The molecule has 4 rings (SSSR count). The second-order valence-electron chi connectivity index (χ2n) is 6.95. The van der Waals surface area contributed by atoms with E-state index in [1.54, 1.807) is 23.1 Å². The van der Waals surface area contributed by atoms with Crippen molar-refractivity contribution >= 4 is 39.1 Å². The zero-order valence-corrected chi connectivity index (χ0v) is 17.7. The van der Waals surface area contributed by atoms with Crippen LogP contribution in [-0.2, 0) is 14.8 Å². The fourth-order valence-electron chi connectivity index (χ4n) is 3.31. The number of amides is 1. The molecule has 0 radical (unpaired) electrons. The van der Waals surface area contributed by atoms with E-state index in [4.69, 9.17) is 0 Å². The Labute approximate surface area is 179 Å². The van der Waals surface area contributed by atoms with Crippen LogP contribution in [-0.4, -0.2) is 20.1 Å². The highest BCUT2D eigenvalue weighted by atomic mass is 32.2. The normalized spacial score (nSPS) is 16.7. The fourth-order valence-corrected chi connectivity index (χ4v) is 5.53. The Kier molecular flexibility index (Phi) is 5.53. The van der Waals surface area contributed by atoms with Gasteiger partial charge in [0.1, 0.15) is 11.2 Å². The molecular weight excluding hydrogens is 423 g/mol. The van der Waals surface area contributed by atoms with Crippen LogP contribution in [0.4, 0.5) is 15.8 Å². The van der Waals surface area contributed by atoms with Crippen molar-refractivity contribution in [3.05, 3.63) is 89.7 Å². The number of rotatable bonds is 5. The average Bonchev–Trinajstić information content (AvgIpc) is 3.10. The van der Waals surface area contributed by atoms with Gasteiger partial charge >= 0.3 is 0 Å². The SMILES string of the molecule is Cc1cccc(N2C(=O)CSC2c2cccc(NS(=O)(=O)c3ccc(F)cc3)c2)c1. The first-order chi connectivity index (χ1) is 14.3. The van der Waals surface area contributed by atoms with Crippen LogP contribution in [0.1, 0.15) is 16.5 Å². The van der Waals surface area contributed by atoms with Crippen LogP contribution in [0.5, 0.6) is 0 Å². The lowest BCUT2D eigenvalue weighted by atomic mass is 10.1. The van der Waals surface area contributed by atoms with E-state index in [2.05, 4.69) is 4.72 Å². The molecule has 1 heterocycles. The number of halogens is 1. The van der Waals surface area contributed by atoms with Gasteiger partial charge in [0.15, 0.2) is 0 Å². The van der Waals surface area contributed by atoms with Crippen LogP contribution < -0.4 is 9.62 Å². The van der Waals surface area contributed by atoms with Crippen LogP contribution in [0, 0.1) is 12.7 Å². The Hall–Kier alpha value is -2.84. The maximum atomic E-state index is 13.1. The summed E-state index contributed by atoms with van der Waals surface area (Å²) in [5.74, 6) is -0.146. The minimum Gasteiger partial charge on any atom is -0.295 e. The number of nitrogens with zero attached hydrogens (tertiary/aromatic N) is 1. The number of thioether (sulfide) groups is 1. The maximum Gasteiger partial charge on any atom is 0.261 e. The van der Waals surface area contributed by atoms with E-state index in [9.17, 15) is 17.6 Å². The first-order valence-electron chi connectivity index (χ1n) is 9.22. The van der Waals surface area contributed by atoms with Gasteiger partial charge in [-0.15, -0.1) is 11.8 Å². The highest BCUT2D eigenvalue weighted by Gasteiger charge is 2.34. The third-order valence-electron chi connectivity index (χ3n) is 4.70. The van der Waals surface area contributed by atoms with Gasteiger partial charge in [-0.05, 0) is 66.6 Å². The summed E-state index contributed by atoms with van der Waals surface area (Å²) in [6.07, 6.45) is 0. The van der Waals surface area contributed by atoms with Gasteiger partial charge in [-0.1, -0.05) is 24.3 Å². The molecule has 3 aromatic rings. The number of nitrogens with one attached hydrogen (secondary N) is 1. The topological polar surface area (TPSA) is 66.5 Å². The van der Waals surface area contributed by atoms with Crippen LogP contribution >= 0.6 is 11.8 Å². The summed E-state index contributed by atoms with van der Waals surface area (Å²) in [4.78, 5) is 14.3. The Morgan fingerprint density at radius 2 is 1.77 bits per heavy atom. The molecule has 1 aliphatic heterocycles. The van der Waals surface area contributed by atoms with E-state index in [-0.39, 0.29) is 16.2 Å². The summed E-state index contributed by atoms with van der Waals surface area (Å²) < 4.78 is 40.9. The molecule has 1 atom stereocenters. The van der Waals surface area contributed by atoms with Crippen LogP contribution in [0.2, 0.25) is 0 Å². The average molecular weight is 443 g/mol. The molecule has 0 spiro atoms. The Bertz CT molecular complexity index is 1200. The molecule has 0 saturated carbocycles. The third kappa shape index (κ3) is 4.20. The van der Waals surface area contributed by atoms with Crippen molar-refractivity contribution in [2.45, 2.75) is 17.2 Å². The molecule has 3 aromatic carbocycles. The molecular formula is C22H19FN2O3S2. The summed E-state index contributed by atoms with van der Waals surface area (Å²) in [5.41, 5.74) is 3.05. The van der Waals surface area contributed by atoms with Crippen molar-refractivity contribution in [2.24, 2.45) is 0 Å². The lowest BCUT2D eigenvalue weighted by Gasteiger charge is -2.25. The summed E-state index contributed by atoms with van der Waals surface area (Å²) in [6, 6.07) is 19.3. The Morgan fingerprint density at radius 3 is 2.50 bits per heavy atom. The molecule has 0 aromatic heterocycles. The van der Waals surface area contributed by atoms with E-state index in [1.165, 1.54) is 23.9 Å². The molecule has 1 aliphatic rings. The molecule has 8 heteroatoms. The maximum absolute atomic E-state index is 13.1. The second kappa shape index (κ2) is 8.12. The van der Waals surface area contributed by atoms with Gasteiger partial charge in [0, 0.05) is 11.4 Å². The number of carbonyl (C=O) groups is 1. The van der Waals surface area contributed by atoms with Gasteiger partial charge in [0.25, 0.3) is 10.0 Å². The van der Waals surface area contributed by atoms with E-state index in [1.807, 2.05) is 37.3 Å². The summed E-state index contributed by atoms with van der Waals surface area (Å²) in [7, 11) is -3.86. The van der Waals surface area contributed by atoms with Crippen molar-refractivity contribution in [1.82, 2.24) is 0 Å². The second-order valence-corrected chi connectivity index (χ2v) is 9.70. The molecule has 154 valence electrons. The molecule has 0 bridgehead atoms. The molecule has 0 aliphatic carbocycles. The fraction of sp³-hybridized carbons (Fsp3) is 0.136. The largest absolute Gasteiger partial charge is 0.295 e. The summed E-state index contributed by atoms with van der Waals surface area (Å²) in [6.45, 7) is 1.97. The van der Waals surface area contributed by atoms with Gasteiger partial charge < -0.3 is 0 Å². The third-order valence-corrected chi connectivity index (χ3v) is 7.31. The highest BCUT2D eigenvalue weighted by Crippen LogP contribution is 2.42. The predicted molar refractivity (Wildman–Crippen MR) is 118 cm³/mol. The smallest absolute Gasteiger partial charge is 0.261 e. The highest BCUT2D eigenvalue weighted by molar-refractivity contribution is 8.00. The number of benzene rings is 3. The number of sulfonamides is 1. The van der Waals surface area contributed by atoms with Gasteiger partial charge in [-0.25, -0.2) is 12.8 Å². The Morgan fingerprint density at radius 1 is 1.03 bits per heavy atom. The van der Waals surface area contributed by atoms with E-state index in [0.29, 0.717) is 11.4 Å². The predicted octanol–water partition coefficient (Wildman–Crippen LogP) is 4.71.